The first-order chi connectivity index (χ1) is 15.3. The topological polar surface area (TPSA) is 42.3 Å². The molecule has 1 unspecified atom stereocenters. The highest BCUT2D eigenvalue weighted by molar-refractivity contribution is 5.58. The molecule has 0 saturated carbocycles. The number of benzene rings is 2. The van der Waals surface area contributed by atoms with Gasteiger partial charge in [0.2, 0.25) is 0 Å². The summed E-state index contributed by atoms with van der Waals surface area (Å²) in [4.78, 5) is 2.60. The number of hydrogen-bond donors (Lipinski definition) is 1. The molecular weight excluding hydrogens is 384 g/mol. The van der Waals surface area contributed by atoms with E-state index in [4.69, 9.17) is 9.84 Å². The van der Waals surface area contributed by atoms with Crippen molar-refractivity contribution in [3.05, 3.63) is 71.4 Å². The zero-order valence-corrected chi connectivity index (χ0v) is 18.4. The Morgan fingerprint density at radius 2 is 1.87 bits per heavy atom. The number of anilines is 1. The van der Waals surface area contributed by atoms with Crippen LogP contribution in [0, 0.1) is 0 Å². The van der Waals surface area contributed by atoms with E-state index in [1.165, 1.54) is 49.0 Å². The quantitative estimate of drug-likeness (QED) is 0.635. The Morgan fingerprint density at radius 3 is 2.74 bits per heavy atom. The van der Waals surface area contributed by atoms with Crippen LogP contribution in [-0.2, 0) is 13.0 Å². The molecule has 5 nitrogen and oxygen atoms in total. The van der Waals surface area contributed by atoms with Crippen LogP contribution in [0.2, 0.25) is 0 Å². The van der Waals surface area contributed by atoms with Crippen LogP contribution in [0.4, 0.5) is 5.82 Å². The molecule has 2 aliphatic heterocycles. The second kappa shape index (κ2) is 9.15. The van der Waals surface area contributed by atoms with Crippen LogP contribution in [0.1, 0.15) is 48.4 Å². The number of aromatic nitrogens is 2. The molecule has 0 radical (unpaired) electrons. The predicted molar refractivity (Wildman–Crippen MR) is 125 cm³/mol. The zero-order valence-electron chi connectivity index (χ0n) is 18.4. The number of methoxy groups -OCH3 is 1. The molecule has 2 aliphatic rings. The Labute approximate surface area is 185 Å². The fourth-order valence-electron chi connectivity index (χ4n) is 5.10. The van der Waals surface area contributed by atoms with E-state index in [1.807, 2.05) is 12.1 Å². The van der Waals surface area contributed by atoms with Crippen LogP contribution >= 0.6 is 0 Å². The van der Waals surface area contributed by atoms with Gasteiger partial charge in [0.25, 0.3) is 0 Å². The Bertz CT molecular complexity index is 1010. The van der Waals surface area contributed by atoms with E-state index in [9.17, 15) is 0 Å². The average molecular weight is 417 g/mol. The van der Waals surface area contributed by atoms with Gasteiger partial charge in [-0.1, -0.05) is 42.5 Å². The van der Waals surface area contributed by atoms with Gasteiger partial charge in [-0.15, -0.1) is 0 Å². The summed E-state index contributed by atoms with van der Waals surface area (Å²) in [5, 5.41) is 8.91. The fourth-order valence-corrected chi connectivity index (χ4v) is 5.10. The maximum atomic E-state index is 5.66. The van der Waals surface area contributed by atoms with Crippen molar-refractivity contribution in [1.29, 1.82) is 0 Å². The Morgan fingerprint density at radius 1 is 1.03 bits per heavy atom. The normalized spacial score (nSPS) is 19.3. The molecule has 1 fully saturated rings. The third kappa shape index (κ3) is 4.19. The van der Waals surface area contributed by atoms with Crippen LogP contribution in [0.25, 0.3) is 5.69 Å². The Balaban J connectivity index is 1.48. The van der Waals surface area contributed by atoms with E-state index in [-0.39, 0.29) is 0 Å². The van der Waals surface area contributed by atoms with Crippen molar-refractivity contribution in [3.8, 4) is 11.4 Å². The molecule has 2 aromatic carbocycles. The summed E-state index contributed by atoms with van der Waals surface area (Å²) < 4.78 is 7.77. The van der Waals surface area contributed by atoms with Crippen LogP contribution in [-0.4, -0.2) is 41.4 Å². The predicted octanol–water partition coefficient (Wildman–Crippen LogP) is 5.01. The van der Waals surface area contributed by atoms with Crippen molar-refractivity contribution < 1.29 is 4.74 Å². The van der Waals surface area contributed by atoms with Crippen LogP contribution in [0.15, 0.2) is 54.6 Å². The van der Waals surface area contributed by atoms with E-state index < -0.39 is 0 Å². The lowest BCUT2D eigenvalue weighted by Gasteiger charge is -2.32. The van der Waals surface area contributed by atoms with Gasteiger partial charge in [0, 0.05) is 31.1 Å². The summed E-state index contributed by atoms with van der Waals surface area (Å²) in [5.74, 6) is 2.50. The molecule has 1 N–H and O–H groups in total. The van der Waals surface area contributed by atoms with Crippen LogP contribution in [0.5, 0.6) is 5.75 Å². The van der Waals surface area contributed by atoms with Gasteiger partial charge >= 0.3 is 0 Å². The maximum absolute atomic E-state index is 5.66. The molecule has 0 spiro atoms. The first-order valence-electron chi connectivity index (χ1n) is 11.6. The Kier molecular flexibility index (Phi) is 5.94. The standard InChI is InChI=1S/C26H32N4O/c1-31-24-15-6-5-14-23(24)30-26-22(13-7-8-16-27-26)25(28-30)21-12-9-17-29(19-21)18-20-10-3-2-4-11-20/h2-6,10-11,14-15,21,27H,7-9,12-13,16-19H2,1H3. The van der Waals surface area contributed by atoms with E-state index in [0.29, 0.717) is 5.92 Å². The number of para-hydroxylation sites is 2. The van der Waals surface area contributed by atoms with E-state index >= 15 is 0 Å². The molecule has 3 heterocycles. The first-order valence-corrected chi connectivity index (χ1v) is 11.6. The number of fused-ring (bicyclic) bond motifs is 1. The van der Waals surface area contributed by atoms with Crippen molar-refractivity contribution in [2.45, 2.75) is 44.6 Å². The molecule has 0 aliphatic carbocycles. The molecule has 31 heavy (non-hydrogen) atoms. The number of likely N-dealkylation sites (tertiary alicyclic amines) is 1. The summed E-state index contributed by atoms with van der Waals surface area (Å²) in [6.07, 6.45) is 5.94. The molecule has 0 amide bonds. The number of nitrogens with one attached hydrogen (secondary N) is 1. The summed E-state index contributed by atoms with van der Waals surface area (Å²) in [6, 6.07) is 19.0. The minimum atomic E-state index is 0.474. The maximum Gasteiger partial charge on any atom is 0.144 e. The van der Waals surface area contributed by atoms with Crippen molar-refractivity contribution in [3.63, 3.8) is 0 Å². The summed E-state index contributed by atoms with van der Waals surface area (Å²) in [5.41, 5.74) is 5.10. The minimum absolute atomic E-state index is 0.474. The minimum Gasteiger partial charge on any atom is -0.494 e. The van der Waals surface area contributed by atoms with Gasteiger partial charge in [0.1, 0.15) is 17.3 Å². The van der Waals surface area contributed by atoms with Gasteiger partial charge in [-0.3, -0.25) is 4.90 Å². The largest absolute Gasteiger partial charge is 0.494 e. The number of rotatable bonds is 5. The highest BCUT2D eigenvalue weighted by atomic mass is 16.5. The van der Waals surface area contributed by atoms with Crippen molar-refractivity contribution >= 4 is 5.82 Å². The molecule has 5 rings (SSSR count). The monoisotopic (exact) mass is 416 g/mol. The number of hydrogen-bond acceptors (Lipinski definition) is 4. The van der Waals surface area contributed by atoms with Crippen LogP contribution < -0.4 is 10.1 Å². The van der Waals surface area contributed by atoms with Gasteiger partial charge in [-0.25, -0.2) is 4.68 Å². The van der Waals surface area contributed by atoms with Gasteiger partial charge in [-0.05, 0) is 56.3 Å². The second-order valence-electron chi connectivity index (χ2n) is 8.74. The van der Waals surface area contributed by atoms with Gasteiger partial charge in [0.15, 0.2) is 0 Å². The van der Waals surface area contributed by atoms with Gasteiger partial charge < -0.3 is 10.1 Å². The third-order valence-corrected chi connectivity index (χ3v) is 6.62. The molecule has 162 valence electrons. The molecule has 1 saturated heterocycles. The average Bonchev–Trinajstić information content (AvgIpc) is 3.00. The Hall–Kier alpha value is -2.79. The van der Waals surface area contributed by atoms with Crippen LogP contribution in [0.3, 0.4) is 0 Å². The SMILES string of the molecule is COc1ccccc1-n1nc(C2CCCN(Cc3ccccc3)C2)c2c1NCCCC2. The summed E-state index contributed by atoms with van der Waals surface area (Å²) in [7, 11) is 1.73. The van der Waals surface area contributed by atoms with Crippen molar-refractivity contribution in [2.75, 3.05) is 32.1 Å². The molecule has 0 bridgehead atoms. The smallest absolute Gasteiger partial charge is 0.144 e. The lowest BCUT2D eigenvalue weighted by molar-refractivity contribution is 0.198. The number of piperidine rings is 1. The first kappa shape index (κ1) is 20.1. The molecule has 1 aromatic heterocycles. The zero-order chi connectivity index (χ0) is 21.0. The van der Waals surface area contributed by atoms with E-state index in [2.05, 4.69) is 57.4 Å². The highest BCUT2D eigenvalue weighted by Gasteiger charge is 2.30. The molecule has 5 heteroatoms. The van der Waals surface area contributed by atoms with E-state index in [0.717, 1.165) is 43.3 Å². The second-order valence-corrected chi connectivity index (χ2v) is 8.74. The number of nitrogens with zero attached hydrogens (tertiary/aromatic N) is 3. The summed E-state index contributed by atoms with van der Waals surface area (Å²) >= 11 is 0. The van der Waals surface area contributed by atoms with E-state index in [1.54, 1.807) is 7.11 Å². The van der Waals surface area contributed by atoms with Gasteiger partial charge in [0.05, 0.1) is 12.8 Å². The lowest BCUT2D eigenvalue weighted by atomic mass is 9.91. The molecule has 3 aromatic rings. The van der Waals surface area contributed by atoms with Crippen molar-refractivity contribution in [1.82, 2.24) is 14.7 Å². The lowest BCUT2D eigenvalue weighted by Crippen LogP contribution is -2.34. The summed E-state index contributed by atoms with van der Waals surface area (Å²) in [6.45, 7) is 4.26. The molecule has 1 atom stereocenters. The third-order valence-electron chi connectivity index (χ3n) is 6.62. The molecular formula is C26H32N4O. The highest BCUT2D eigenvalue weighted by Crippen LogP contribution is 2.37. The van der Waals surface area contributed by atoms with Gasteiger partial charge in [-0.2, -0.15) is 5.10 Å². The van der Waals surface area contributed by atoms with Crippen molar-refractivity contribution in [2.24, 2.45) is 0 Å². The number of ether oxygens (including phenoxy) is 1. The fraction of sp³-hybridized carbons (Fsp3) is 0.423.